The maximum Gasteiger partial charge on any atom is 0.242 e. The van der Waals surface area contributed by atoms with E-state index in [2.05, 4.69) is 30.0 Å². The van der Waals surface area contributed by atoms with Gasteiger partial charge in [0.2, 0.25) is 5.91 Å². The van der Waals surface area contributed by atoms with Crippen LogP contribution in [0.25, 0.3) is 0 Å². The van der Waals surface area contributed by atoms with Crippen molar-refractivity contribution in [3.8, 4) is 0 Å². The van der Waals surface area contributed by atoms with E-state index in [1.54, 1.807) is 0 Å². The number of nitrogens with one attached hydrogen (secondary N) is 1. The van der Waals surface area contributed by atoms with Crippen molar-refractivity contribution < 1.29 is 4.79 Å². The summed E-state index contributed by atoms with van der Waals surface area (Å²) in [5.74, 6) is 0.163. The van der Waals surface area contributed by atoms with E-state index in [9.17, 15) is 4.79 Å². The standard InChI is InChI=1S/C21H25N3O/c1-3-23(20-10-6-9-18(13-22)16(20)2)15-21(25)24-12-11-17-7-4-5-8-19(17)14-24/h4-10,13,22H,3,11-12,14-15H2,1-2H3. The number of amides is 1. The first kappa shape index (κ1) is 17.2. The molecule has 0 fully saturated rings. The zero-order valence-electron chi connectivity index (χ0n) is 15.0. The van der Waals surface area contributed by atoms with Crippen molar-refractivity contribution in [3.63, 3.8) is 0 Å². The van der Waals surface area contributed by atoms with Gasteiger partial charge in [0.25, 0.3) is 0 Å². The Balaban J connectivity index is 1.74. The molecule has 0 aliphatic carbocycles. The van der Waals surface area contributed by atoms with E-state index in [0.29, 0.717) is 13.1 Å². The van der Waals surface area contributed by atoms with Gasteiger partial charge in [0.1, 0.15) is 0 Å². The molecule has 0 radical (unpaired) electrons. The van der Waals surface area contributed by atoms with Crippen LogP contribution in [-0.4, -0.2) is 36.7 Å². The molecule has 25 heavy (non-hydrogen) atoms. The third kappa shape index (κ3) is 3.58. The van der Waals surface area contributed by atoms with Gasteiger partial charge in [0, 0.05) is 31.5 Å². The van der Waals surface area contributed by atoms with Gasteiger partial charge in [0.05, 0.1) is 6.54 Å². The largest absolute Gasteiger partial charge is 0.362 e. The SMILES string of the molecule is CCN(CC(=O)N1CCc2ccccc2C1)c1cccc(C=N)c1C. The van der Waals surface area contributed by atoms with Crippen LogP contribution in [0.15, 0.2) is 42.5 Å². The molecule has 1 aliphatic heterocycles. The number of nitrogens with zero attached hydrogens (tertiary/aromatic N) is 2. The number of fused-ring (bicyclic) bond motifs is 1. The highest BCUT2D eigenvalue weighted by Gasteiger charge is 2.22. The number of carbonyl (C=O) groups is 1. The molecule has 1 amide bonds. The van der Waals surface area contributed by atoms with Gasteiger partial charge in [-0.2, -0.15) is 0 Å². The third-order valence-corrected chi connectivity index (χ3v) is 5.03. The summed E-state index contributed by atoms with van der Waals surface area (Å²) in [6.45, 7) is 6.70. The Morgan fingerprint density at radius 1 is 1.20 bits per heavy atom. The lowest BCUT2D eigenvalue weighted by Gasteiger charge is -2.32. The Kier molecular flexibility index (Phi) is 5.17. The van der Waals surface area contributed by atoms with Crippen LogP contribution in [0.5, 0.6) is 0 Å². The Morgan fingerprint density at radius 3 is 2.68 bits per heavy atom. The highest BCUT2D eigenvalue weighted by atomic mass is 16.2. The molecule has 0 atom stereocenters. The first-order valence-corrected chi connectivity index (χ1v) is 8.83. The van der Waals surface area contributed by atoms with Crippen LogP contribution in [0.3, 0.4) is 0 Å². The number of anilines is 1. The van der Waals surface area contributed by atoms with Crippen molar-refractivity contribution in [2.75, 3.05) is 24.5 Å². The van der Waals surface area contributed by atoms with Gasteiger partial charge < -0.3 is 15.2 Å². The van der Waals surface area contributed by atoms with Crippen molar-refractivity contribution in [3.05, 3.63) is 64.7 Å². The minimum Gasteiger partial charge on any atom is -0.362 e. The number of likely N-dealkylation sites (N-methyl/N-ethyl adjacent to an activating group) is 1. The van der Waals surface area contributed by atoms with Gasteiger partial charge in [-0.05, 0) is 48.6 Å². The molecule has 0 bridgehead atoms. The van der Waals surface area contributed by atoms with E-state index in [1.807, 2.05) is 36.1 Å². The zero-order valence-corrected chi connectivity index (χ0v) is 15.0. The maximum absolute atomic E-state index is 12.9. The van der Waals surface area contributed by atoms with E-state index < -0.39 is 0 Å². The summed E-state index contributed by atoms with van der Waals surface area (Å²) in [6, 6.07) is 14.3. The predicted molar refractivity (Wildman–Crippen MR) is 103 cm³/mol. The fraction of sp³-hybridized carbons (Fsp3) is 0.333. The summed E-state index contributed by atoms with van der Waals surface area (Å²) >= 11 is 0. The van der Waals surface area contributed by atoms with E-state index in [1.165, 1.54) is 17.3 Å². The van der Waals surface area contributed by atoms with Crippen molar-refractivity contribution in [2.45, 2.75) is 26.8 Å². The molecule has 0 saturated carbocycles. The minimum absolute atomic E-state index is 0.163. The van der Waals surface area contributed by atoms with E-state index >= 15 is 0 Å². The highest BCUT2D eigenvalue weighted by molar-refractivity contribution is 5.85. The van der Waals surface area contributed by atoms with Crippen molar-refractivity contribution >= 4 is 17.8 Å². The zero-order chi connectivity index (χ0) is 17.8. The maximum atomic E-state index is 12.9. The Labute approximate surface area is 149 Å². The molecule has 2 aromatic carbocycles. The Morgan fingerprint density at radius 2 is 1.96 bits per heavy atom. The average Bonchev–Trinajstić information content (AvgIpc) is 2.66. The fourth-order valence-corrected chi connectivity index (χ4v) is 3.48. The Hall–Kier alpha value is -2.62. The molecule has 4 nitrogen and oxygen atoms in total. The second kappa shape index (κ2) is 7.51. The molecule has 0 saturated heterocycles. The predicted octanol–water partition coefficient (Wildman–Crippen LogP) is 3.40. The first-order valence-electron chi connectivity index (χ1n) is 8.83. The second-order valence-electron chi connectivity index (χ2n) is 6.48. The molecule has 1 N–H and O–H groups in total. The van der Waals surface area contributed by atoms with Crippen molar-refractivity contribution in [2.24, 2.45) is 0 Å². The fourth-order valence-electron chi connectivity index (χ4n) is 3.48. The van der Waals surface area contributed by atoms with Crippen LogP contribution in [0.2, 0.25) is 0 Å². The van der Waals surface area contributed by atoms with Crippen molar-refractivity contribution in [1.82, 2.24) is 4.90 Å². The van der Waals surface area contributed by atoms with Crippen LogP contribution in [0, 0.1) is 12.3 Å². The van der Waals surface area contributed by atoms with Gasteiger partial charge in [-0.25, -0.2) is 0 Å². The smallest absolute Gasteiger partial charge is 0.242 e. The van der Waals surface area contributed by atoms with Gasteiger partial charge in [-0.1, -0.05) is 36.4 Å². The normalized spacial score (nSPS) is 13.3. The molecule has 3 rings (SSSR count). The molecule has 130 valence electrons. The molecule has 1 heterocycles. The van der Waals surface area contributed by atoms with Gasteiger partial charge in [0.15, 0.2) is 0 Å². The molecular weight excluding hydrogens is 310 g/mol. The van der Waals surface area contributed by atoms with E-state index in [4.69, 9.17) is 5.41 Å². The summed E-state index contributed by atoms with van der Waals surface area (Å²) < 4.78 is 0. The quantitative estimate of drug-likeness (QED) is 0.851. The average molecular weight is 335 g/mol. The number of hydrogen-bond donors (Lipinski definition) is 1. The summed E-state index contributed by atoms with van der Waals surface area (Å²) in [5, 5.41) is 7.53. The molecule has 0 aromatic heterocycles. The summed E-state index contributed by atoms with van der Waals surface area (Å²) in [4.78, 5) is 16.9. The van der Waals surface area contributed by atoms with Crippen LogP contribution < -0.4 is 4.90 Å². The lowest BCUT2D eigenvalue weighted by molar-refractivity contribution is -0.130. The molecule has 1 aliphatic rings. The van der Waals surface area contributed by atoms with Crippen LogP contribution in [-0.2, 0) is 17.8 Å². The minimum atomic E-state index is 0.163. The van der Waals surface area contributed by atoms with Gasteiger partial charge in [-0.3, -0.25) is 4.79 Å². The number of hydrogen-bond acceptors (Lipinski definition) is 3. The van der Waals surface area contributed by atoms with Crippen LogP contribution in [0.4, 0.5) is 5.69 Å². The topological polar surface area (TPSA) is 47.4 Å². The van der Waals surface area contributed by atoms with Crippen LogP contribution in [0.1, 0.15) is 29.2 Å². The monoisotopic (exact) mass is 335 g/mol. The van der Waals surface area contributed by atoms with Crippen molar-refractivity contribution in [1.29, 1.82) is 5.41 Å². The van der Waals surface area contributed by atoms with E-state index in [0.717, 1.165) is 36.3 Å². The van der Waals surface area contributed by atoms with Crippen LogP contribution >= 0.6 is 0 Å². The summed E-state index contributed by atoms with van der Waals surface area (Å²) in [7, 11) is 0. The summed E-state index contributed by atoms with van der Waals surface area (Å²) in [6.07, 6.45) is 2.30. The molecule has 2 aromatic rings. The molecule has 0 spiro atoms. The molecular formula is C21H25N3O. The molecule has 0 unspecified atom stereocenters. The number of rotatable bonds is 5. The summed E-state index contributed by atoms with van der Waals surface area (Å²) in [5.41, 5.74) is 5.60. The second-order valence-corrected chi connectivity index (χ2v) is 6.48. The Bertz CT molecular complexity index is 784. The number of carbonyl (C=O) groups excluding carboxylic acids is 1. The number of benzene rings is 2. The lowest BCUT2D eigenvalue weighted by atomic mass is 10.00. The lowest BCUT2D eigenvalue weighted by Crippen LogP contribution is -2.43. The van der Waals surface area contributed by atoms with Gasteiger partial charge >= 0.3 is 0 Å². The molecule has 4 heteroatoms. The highest BCUT2D eigenvalue weighted by Crippen LogP contribution is 2.23. The van der Waals surface area contributed by atoms with E-state index in [-0.39, 0.29) is 5.91 Å². The third-order valence-electron chi connectivity index (χ3n) is 5.03. The first-order chi connectivity index (χ1) is 12.1. The van der Waals surface area contributed by atoms with Gasteiger partial charge in [-0.15, -0.1) is 0 Å².